The summed E-state index contributed by atoms with van der Waals surface area (Å²) in [6.07, 6.45) is 0. The first-order chi connectivity index (χ1) is 7.18. The van der Waals surface area contributed by atoms with E-state index in [2.05, 4.69) is 5.10 Å². The van der Waals surface area contributed by atoms with Gasteiger partial charge in [-0.2, -0.15) is 0 Å². The number of aromatic nitrogens is 2. The minimum absolute atomic E-state index is 0.643. The van der Waals surface area contributed by atoms with Crippen LogP contribution >= 0.6 is 0 Å². The van der Waals surface area contributed by atoms with E-state index in [0.29, 0.717) is 5.82 Å². The molecule has 0 spiro atoms. The molecular formula is C11H14N4. The topological polar surface area (TPSA) is 47.1 Å². The molecule has 4 nitrogen and oxygen atoms in total. The molecule has 78 valence electrons. The Morgan fingerprint density at radius 3 is 2.40 bits per heavy atom. The number of hydrogen-bond acceptors (Lipinski definition) is 3. The Morgan fingerprint density at radius 2 is 1.87 bits per heavy atom. The molecule has 0 aliphatic heterocycles. The number of nitrogen functional groups attached to an aromatic ring is 1. The molecule has 4 heteroatoms. The Balaban J connectivity index is 2.45. The Kier molecular flexibility index (Phi) is 2.33. The van der Waals surface area contributed by atoms with Crippen molar-refractivity contribution in [1.29, 1.82) is 0 Å². The van der Waals surface area contributed by atoms with Crippen molar-refractivity contribution in [2.45, 2.75) is 0 Å². The maximum atomic E-state index is 5.88. The van der Waals surface area contributed by atoms with E-state index >= 15 is 0 Å². The predicted octanol–water partition coefficient (Wildman–Crippen LogP) is 1.52. The van der Waals surface area contributed by atoms with Crippen molar-refractivity contribution >= 4 is 11.6 Å². The highest BCUT2D eigenvalue weighted by atomic mass is 15.4. The number of rotatable bonds is 2. The van der Waals surface area contributed by atoms with Crippen molar-refractivity contribution in [3.63, 3.8) is 0 Å². The highest BCUT2D eigenvalue weighted by Gasteiger charge is 2.07. The van der Waals surface area contributed by atoms with E-state index in [1.54, 1.807) is 4.68 Å². The van der Waals surface area contributed by atoms with Gasteiger partial charge in [0.05, 0.1) is 5.69 Å². The highest BCUT2D eigenvalue weighted by molar-refractivity contribution is 5.51. The molecule has 0 saturated carbocycles. The van der Waals surface area contributed by atoms with Gasteiger partial charge in [0.1, 0.15) is 5.82 Å². The zero-order valence-electron chi connectivity index (χ0n) is 8.88. The average molecular weight is 202 g/mol. The second-order valence-corrected chi connectivity index (χ2v) is 3.57. The van der Waals surface area contributed by atoms with Crippen LogP contribution < -0.4 is 10.6 Å². The van der Waals surface area contributed by atoms with Crippen molar-refractivity contribution in [2.24, 2.45) is 0 Å². The first kappa shape index (κ1) is 9.58. The number of nitrogens with zero attached hydrogens (tertiary/aromatic N) is 3. The summed E-state index contributed by atoms with van der Waals surface area (Å²) in [5.74, 6) is 1.50. The van der Waals surface area contributed by atoms with Crippen molar-refractivity contribution in [3.05, 3.63) is 36.4 Å². The van der Waals surface area contributed by atoms with Crippen LogP contribution in [0.15, 0.2) is 36.4 Å². The number of para-hydroxylation sites is 1. The molecule has 0 unspecified atom stereocenters. The summed E-state index contributed by atoms with van der Waals surface area (Å²) in [6.45, 7) is 0. The molecule has 0 amide bonds. The monoisotopic (exact) mass is 202 g/mol. The summed E-state index contributed by atoms with van der Waals surface area (Å²) in [4.78, 5) is 1.93. The average Bonchev–Trinajstić information content (AvgIpc) is 2.62. The fraction of sp³-hybridized carbons (Fsp3) is 0.182. The molecule has 1 heterocycles. The zero-order valence-corrected chi connectivity index (χ0v) is 8.88. The molecule has 2 N–H and O–H groups in total. The number of nitrogens with two attached hydrogens (primary N) is 1. The molecule has 2 rings (SSSR count). The van der Waals surface area contributed by atoms with Crippen LogP contribution in [0.5, 0.6) is 0 Å². The molecule has 1 aromatic carbocycles. The smallest absolute Gasteiger partial charge is 0.152 e. The zero-order chi connectivity index (χ0) is 10.8. The lowest BCUT2D eigenvalue weighted by atomic mass is 10.3. The summed E-state index contributed by atoms with van der Waals surface area (Å²) in [7, 11) is 3.88. The van der Waals surface area contributed by atoms with Gasteiger partial charge in [0, 0.05) is 20.2 Å². The van der Waals surface area contributed by atoms with Gasteiger partial charge in [-0.25, -0.2) is 4.68 Å². The molecule has 0 aliphatic carbocycles. The minimum atomic E-state index is 0.643. The van der Waals surface area contributed by atoms with Crippen LogP contribution in [0.4, 0.5) is 11.6 Å². The Hall–Kier alpha value is -1.97. The molecular weight excluding hydrogens is 188 g/mol. The van der Waals surface area contributed by atoms with Gasteiger partial charge >= 0.3 is 0 Å². The van der Waals surface area contributed by atoms with Crippen molar-refractivity contribution in [1.82, 2.24) is 9.78 Å². The first-order valence-electron chi connectivity index (χ1n) is 4.77. The second kappa shape index (κ2) is 3.65. The SMILES string of the molecule is CN(C)c1cc(N)n(-c2ccccc2)n1. The van der Waals surface area contributed by atoms with Crippen LogP contribution in [0.1, 0.15) is 0 Å². The van der Waals surface area contributed by atoms with E-state index in [9.17, 15) is 0 Å². The van der Waals surface area contributed by atoms with Gasteiger partial charge in [-0.05, 0) is 12.1 Å². The van der Waals surface area contributed by atoms with Crippen LogP contribution in [0.3, 0.4) is 0 Å². The Labute approximate surface area is 88.9 Å². The summed E-state index contributed by atoms with van der Waals surface area (Å²) in [6, 6.07) is 11.7. The second-order valence-electron chi connectivity index (χ2n) is 3.57. The molecule has 2 aromatic rings. The van der Waals surface area contributed by atoms with Crippen LogP contribution in [0.25, 0.3) is 5.69 Å². The van der Waals surface area contributed by atoms with Crippen LogP contribution in [-0.2, 0) is 0 Å². The van der Waals surface area contributed by atoms with Gasteiger partial charge in [-0.15, -0.1) is 5.10 Å². The van der Waals surface area contributed by atoms with Crippen LogP contribution in [-0.4, -0.2) is 23.9 Å². The normalized spacial score (nSPS) is 10.3. The minimum Gasteiger partial charge on any atom is -0.384 e. The lowest BCUT2D eigenvalue weighted by molar-refractivity contribution is 0.875. The van der Waals surface area contributed by atoms with E-state index in [1.165, 1.54) is 0 Å². The van der Waals surface area contributed by atoms with E-state index in [4.69, 9.17) is 5.73 Å². The van der Waals surface area contributed by atoms with E-state index in [0.717, 1.165) is 11.5 Å². The molecule has 1 aromatic heterocycles. The molecule has 0 fully saturated rings. The molecule has 0 atom stereocenters. The fourth-order valence-electron chi connectivity index (χ4n) is 1.38. The van der Waals surface area contributed by atoms with Gasteiger partial charge in [0.15, 0.2) is 5.82 Å². The van der Waals surface area contributed by atoms with Gasteiger partial charge in [-0.1, -0.05) is 18.2 Å². The lowest BCUT2D eigenvalue weighted by Gasteiger charge is -2.06. The summed E-state index contributed by atoms with van der Waals surface area (Å²) >= 11 is 0. The van der Waals surface area contributed by atoms with Crippen LogP contribution in [0.2, 0.25) is 0 Å². The predicted molar refractivity (Wildman–Crippen MR) is 62.3 cm³/mol. The fourth-order valence-corrected chi connectivity index (χ4v) is 1.38. The molecule has 0 bridgehead atoms. The van der Waals surface area contributed by atoms with Gasteiger partial charge in [0.25, 0.3) is 0 Å². The van der Waals surface area contributed by atoms with Crippen LogP contribution in [0, 0.1) is 0 Å². The van der Waals surface area contributed by atoms with Gasteiger partial charge in [0.2, 0.25) is 0 Å². The largest absolute Gasteiger partial charge is 0.384 e. The van der Waals surface area contributed by atoms with Crippen molar-refractivity contribution in [2.75, 3.05) is 24.7 Å². The molecule has 0 saturated heterocycles. The van der Waals surface area contributed by atoms with Crippen molar-refractivity contribution < 1.29 is 0 Å². The van der Waals surface area contributed by atoms with Gasteiger partial charge < -0.3 is 10.6 Å². The van der Waals surface area contributed by atoms with E-state index in [-0.39, 0.29) is 0 Å². The maximum absolute atomic E-state index is 5.88. The third-order valence-corrected chi connectivity index (χ3v) is 2.18. The van der Waals surface area contributed by atoms with E-state index in [1.807, 2.05) is 55.4 Å². The molecule has 15 heavy (non-hydrogen) atoms. The van der Waals surface area contributed by atoms with E-state index < -0.39 is 0 Å². The third-order valence-electron chi connectivity index (χ3n) is 2.18. The lowest BCUT2D eigenvalue weighted by Crippen LogP contribution is -2.09. The number of hydrogen-bond donors (Lipinski definition) is 1. The number of anilines is 2. The standard InChI is InChI=1S/C11H14N4/c1-14(2)11-8-10(12)15(13-11)9-6-4-3-5-7-9/h3-8H,12H2,1-2H3. The summed E-state index contributed by atoms with van der Waals surface area (Å²) < 4.78 is 1.73. The van der Waals surface area contributed by atoms with Crippen molar-refractivity contribution in [3.8, 4) is 5.69 Å². The Bertz CT molecular complexity index is 445. The molecule has 0 aliphatic rings. The summed E-state index contributed by atoms with van der Waals surface area (Å²) in [5, 5.41) is 4.40. The third kappa shape index (κ3) is 1.79. The number of benzene rings is 1. The highest BCUT2D eigenvalue weighted by Crippen LogP contribution is 2.18. The summed E-state index contributed by atoms with van der Waals surface area (Å²) in [5.41, 5.74) is 6.86. The van der Waals surface area contributed by atoms with Gasteiger partial charge in [-0.3, -0.25) is 0 Å². The molecule has 0 radical (unpaired) electrons. The quantitative estimate of drug-likeness (QED) is 0.803. The Morgan fingerprint density at radius 1 is 1.20 bits per heavy atom. The first-order valence-corrected chi connectivity index (χ1v) is 4.77. The maximum Gasteiger partial charge on any atom is 0.152 e.